The summed E-state index contributed by atoms with van der Waals surface area (Å²) < 4.78 is 7.36. The number of amides is 1. The summed E-state index contributed by atoms with van der Waals surface area (Å²) in [6.07, 6.45) is 2.87. The van der Waals surface area contributed by atoms with Crippen molar-refractivity contribution >= 4 is 35.8 Å². The number of fused-ring (bicyclic) bond motifs is 1. The summed E-state index contributed by atoms with van der Waals surface area (Å²) in [5.41, 5.74) is 0. The Labute approximate surface area is 195 Å². The van der Waals surface area contributed by atoms with Gasteiger partial charge in [0.25, 0.3) is 0 Å². The van der Waals surface area contributed by atoms with Gasteiger partial charge in [-0.1, -0.05) is 0 Å². The molecule has 2 aliphatic heterocycles. The second-order valence-corrected chi connectivity index (χ2v) is 7.82. The molecule has 1 aromatic rings. The van der Waals surface area contributed by atoms with Crippen molar-refractivity contribution in [1.29, 1.82) is 0 Å². The minimum atomic E-state index is -0.0164. The molecule has 3 rings (SSSR count). The Morgan fingerprint density at radius 3 is 2.83 bits per heavy atom. The molecule has 1 aromatic heterocycles. The van der Waals surface area contributed by atoms with Crippen molar-refractivity contribution in [3.8, 4) is 0 Å². The van der Waals surface area contributed by atoms with Gasteiger partial charge in [0, 0.05) is 46.2 Å². The van der Waals surface area contributed by atoms with Gasteiger partial charge >= 0.3 is 0 Å². The van der Waals surface area contributed by atoms with E-state index in [1.165, 1.54) is 0 Å². The molecule has 0 radical (unpaired) electrons. The second-order valence-electron chi connectivity index (χ2n) is 7.82. The first kappa shape index (κ1) is 24.8. The summed E-state index contributed by atoms with van der Waals surface area (Å²) >= 11 is 0. The second kappa shape index (κ2) is 12.4. The van der Waals surface area contributed by atoms with Gasteiger partial charge in [-0.15, -0.1) is 24.0 Å². The molecule has 10 nitrogen and oxygen atoms in total. The molecule has 0 spiro atoms. The number of halogens is 1. The highest BCUT2D eigenvalue weighted by molar-refractivity contribution is 14.0. The minimum Gasteiger partial charge on any atom is -0.379 e. The fraction of sp³-hybridized carbons (Fsp3) is 0.789. The SMILES string of the molecule is Cc1nc2n(n1)CC(NC(=NCC(=O)N(C)C)NCCCN1CCOCC1)CC2.I. The van der Waals surface area contributed by atoms with Crippen LogP contribution in [0.2, 0.25) is 0 Å². The number of morpholine rings is 1. The van der Waals surface area contributed by atoms with E-state index in [2.05, 4.69) is 30.6 Å². The van der Waals surface area contributed by atoms with Gasteiger partial charge < -0.3 is 20.3 Å². The molecule has 11 heteroatoms. The highest BCUT2D eigenvalue weighted by atomic mass is 127. The Hall–Kier alpha value is -1.47. The third-order valence-corrected chi connectivity index (χ3v) is 5.22. The first-order chi connectivity index (χ1) is 14.0. The average Bonchev–Trinajstić information content (AvgIpc) is 3.08. The van der Waals surface area contributed by atoms with Crippen molar-refractivity contribution in [2.24, 2.45) is 4.99 Å². The van der Waals surface area contributed by atoms with Crippen LogP contribution < -0.4 is 10.6 Å². The number of rotatable bonds is 7. The Bertz CT molecular complexity index is 703. The molecule has 3 heterocycles. The third kappa shape index (κ3) is 7.65. The van der Waals surface area contributed by atoms with E-state index in [9.17, 15) is 4.79 Å². The Kier molecular flexibility index (Phi) is 10.2. The summed E-state index contributed by atoms with van der Waals surface area (Å²) in [6, 6.07) is 0.212. The molecule has 1 unspecified atom stereocenters. The molecule has 1 fully saturated rings. The number of likely N-dealkylation sites (N-methyl/N-ethyl adjacent to an activating group) is 1. The van der Waals surface area contributed by atoms with Crippen LogP contribution in [0, 0.1) is 6.92 Å². The average molecular weight is 534 g/mol. The van der Waals surface area contributed by atoms with E-state index in [1.807, 2.05) is 11.6 Å². The zero-order valence-electron chi connectivity index (χ0n) is 18.3. The fourth-order valence-electron chi connectivity index (χ4n) is 3.52. The molecule has 1 amide bonds. The summed E-state index contributed by atoms with van der Waals surface area (Å²) in [5, 5.41) is 11.3. The number of carbonyl (C=O) groups is 1. The highest BCUT2D eigenvalue weighted by Crippen LogP contribution is 2.12. The smallest absolute Gasteiger partial charge is 0.243 e. The normalized spacial score (nSPS) is 19.6. The van der Waals surface area contributed by atoms with E-state index in [0.717, 1.165) is 76.8 Å². The van der Waals surface area contributed by atoms with Gasteiger partial charge in [-0.05, 0) is 26.3 Å². The van der Waals surface area contributed by atoms with Crippen molar-refractivity contribution < 1.29 is 9.53 Å². The number of aliphatic imine (C=N–C) groups is 1. The molecule has 0 aliphatic carbocycles. The molecule has 30 heavy (non-hydrogen) atoms. The standard InChI is InChI=1S/C19H34N8O2.HI/c1-15-22-17-6-5-16(14-27(17)24-15)23-19(21-13-18(28)25(2)3)20-7-4-8-26-9-11-29-12-10-26;/h16H,4-14H2,1-3H3,(H2,20,21,23);1H. The minimum absolute atomic E-state index is 0. The maximum absolute atomic E-state index is 12.0. The van der Waals surface area contributed by atoms with E-state index in [4.69, 9.17) is 4.74 Å². The number of hydrogen-bond acceptors (Lipinski definition) is 6. The molecule has 0 saturated carbocycles. The lowest BCUT2D eigenvalue weighted by Crippen LogP contribution is -2.48. The largest absolute Gasteiger partial charge is 0.379 e. The Balaban J connectivity index is 0.00000320. The van der Waals surface area contributed by atoms with Crippen molar-refractivity contribution in [2.75, 3.05) is 60.0 Å². The van der Waals surface area contributed by atoms with Crippen LogP contribution in [0.3, 0.4) is 0 Å². The number of nitrogens with zero attached hydrogens (tertiary/aromatic N) is 6. The maximum Gasteiger partial charge on any atom is 0.243 e. The predicted octanol–water partition coefficient (Wildman–Crippen LogP) is -0.135. The van der Waals surface area contributed by atoms with E-state index in [-0.39, 0.29) is 42.5 Å². The molecule has 1 atom stereocenters. The number of guanidine groups is 1. The molecule has 1 saturated heterocycles. The predicted molar refractivity (Wildman–Crippen MR) is 126 cm³/mol. The number of aromatic nitrogens is 3. The molecule has 0 aromatic carbocycles. The van der Waals surface area contributed by atoms with Crippen LogP contribution in [0.15, 0.2) is 4.99 Å². The third-order valence-electron chi connectivity index (χ3n) is 5.22. The van der Waals surface area contributed by atoms with E-state index in [1.54, 1.807) is 19.0 Å². The van der Waals surface area contributed by atoms with Crippen LogP contribution in [0.5, 0.6) is 0 Å². The zero-order chi connectivity index (χ0) is 20.6. The number of nitrogens with one attached hydrogen (secondary N) is 2. The zero-order valence-corrected chi connectivity index (χ0v) is 20.6. The molecule has 2 N–H and O–H groups in total. The van der Waals surface area contributed by atoms with Crippen molar-refractivity contribution in [3.05, 3.63) is 11.6 Å². The van der Waals surface area contributed by atoms with Gasteiger partial charge in [-0.2, -0.15) is 5.10 Å². The van der Waals surface area contributed by atoms with Crippen LogP contribution in [0.1, 0.15) is 24.5 Å². The fourth-order valence-corrected chi connectivity index (χ4v) is 3.52. The van der Waals surface area contributed by atoms with E-state index in [0.29, 0.717) is 5.96 Å². The van der Waals surface area contributed by atoms with Crippen LogP contribution in [0.25, 0.3) is 0 Å². The summed E-state index contributed by atoms with van der Waals surface area (Å²) in [7, 11) is 3.49. The maximum atomic E-state index is 12.0. The van der Waals surface area contributed by atoms with Crippen molar-refractivity contribution in [3.63, 3.8) is 0 Å². The van der Waals surface area contributed by atoms with Gasteiger partial charge in [0.05, 0.1) is 19.8 Å². The van der Waals surface area contributed by atoms with Gasteiger partial charge in [0.1, 0.15) is 18.2 Å². The summed E-state index contributed by atoms with van der Waals surface area (Å²) in [6.45, 7) is 8.28. The van der Waals surface area contributed by atoms with Crippen LogP contribution in [-0.2, 0) is 22.5 Å². The lowest BCUT2D eigenvalue weighted by molar-refractivity contribution is -0.127. The molecule has 0 bridgehead atoms. The number of hydrogen-bond donors (Lipinski definition) is 2. The lowest BCUT2D eigenvalue weighted by atomic mass is 10.1. The van der Waals surface area contributed by atoms with E-state index < -0.39 is 0 Å². The number of ether oxygens (including phenoxy) is 1. The van der Waals surface area contributed by atoms with Crippen molar-refractivity contribution in [2.45, 2.75) is 38.8 Å². The van der Waals surface area contributed by atoms with Crippen LogP contribution >= 0.6 is 24.0 Å². The van der Waals surface area contributed by atoms with Gasteiger partial charge in [-0.25, -0.2) is 14.7 Å². The van der Waals surface area contributed by atoms with Crippen LogP contribution in [0.4, 0.5) is 0 Å². The molecular formula is C19H35IN8O2. The van der Waals surface area contributed by atoms with Crippen molar-refractivity contribution in [1.82, 2.24) is 35.2 Å². The summed E-state index contributed by atoms with van der Waals surface area (Å²) in [5.74, 6) is 2.53. The van der Waals surface area contributed by atoms with Crippen LogP contribution in [-0.4, -0.2) is 103 Å². The number of carbonyl (C=O) groups excluding carboxylic acids is 1. The Morgan fingerprint density at radius 2 is 2.10 bits per heavy atom. The van der Waals surface area contributed by atoms with Gasteiger partial charge in [0.15, 0.2) is 5.96 Å². The molecule has 170 valence electrons. The summed E-state index contributed by atoms with van der Waals surface area (Å²) in [4.78, 5) is 24.9. The molecular weight excluding hydrogens is 499 g/mol. The topological polar surface area (TPSA) is 99.9 Å². The van der Waals surface area contributed by atoms with E-state index >= 15 is 0 Å². The first-order valence-electron chi connectivity index (χ1n) is 10.5. The molecule has 2 aliphatic rings. The monoisotopic (exact) mass is 534 g/mol. The highest BCUT2D eigenvalue weighted by Gasteiger charge is 2.22. The van der Waals surface area contributed by atoms with Gasteiger partial charge in [-0.3, -0.25) is 9.69 Å². The lowest BCUT2D eigenvalue weighted by Gasteiger charge is -2.27. The first-order valence-corrected chi connectivity index (χ1v) is 10.5. The number of aryl methyl sites for hydroxylation is 2. The van der Waals surface area contributed by atoms with Gasteiger partial charge in [0.2, 0.25) is 5.91 Å². The quantitative estimate of drug-likeness (QED) is 0.218. The Morgan fingerprint density at radius 1 is 1.33 bits per heavy atom.